The number of aryl methyl sites for hydroxylation is 1. The zero-order chi connectivity index (χ0) is 12.4. The summed E-state index contributed by atoms with van der Waals surface area (Å²) in [6.45, 7) is 3.62. The maximum Gasteiger partial charge on any atom is 0.243 e. The molecule has 3 aromatic heterocycles. The van der Waals surface area contributed by atoms with E-state index in [4.69, 9.17) is 0 Å². The molecule has 0 saturated heterocycles. The van der Waals surface area contributed by atoms with Crippen LogP contribution in [0.5, 0.6) is 0 Å². The second-order valence-electron chi connectivity index (χ2n) is 4.10. The molecule has 0 fully saturated rings. The number of hydrogen-bond donors (Lipinski definition) is 1. The molecule has 0 amide bonds. The first-order valence-corrected chi connectivity index (χ1v) is 5.85. The van der Waals surface area contributed by atoms with Gasteiger partial charge in [-0.3, -0.25) is 0 Å². The second kappa shape index (κ2) is 4.48. The van der Waals surface area contributed by atoms with E-state index < -0.39 is 0 Å². The molecule has 3 aromatic rings. The van der Waals surface area contributed by atoms with E-state index in [-0.39, 0.29) is 0 Å². The average molecular weight is 242 g/mol. The van der Waals surface area contributed by atoms with Crippen LogP contribution in [0.3, 0.4) is 0 Å². The number of imidazole rings is 1. The highest BCUT2D eigenvalue weighted by atomic mass is 15.4. The Morgan fingerprint density at radius 3 is 3.06 bits per heavy atom. The predicted octanol–water partition coefficient (Wildman–Crippen LogP) is 1.35. The summed E-state index contributed by atoms with van der Waals surface area (Å²) >= 11 is 0. The van der Waals surface area contributed by atoms with Crippen LogP contribution >= 0.6 is 0 Å². The quantitative estimate of drug-likeness (QED) is 0.750. The summed E-state index contributed by atoms with van der Waals surface area (Å²) < 4.78 is 3.84. The Labute approximate surface area is 104 Å². The Kier molecular flexibility index (Phi) is 2.68. The Hall–Kier alpha value is -2.37. The maximum absolute atomic E-state index is 4.41. The number of pyridine rings is 1. The SMILES string of the molecule is Cc1cccc2nc(NCCn3ccnc3)nn12. The van der Waals surface area contributed by atoms with E-state index in [0.717, 1.165) is 24.4 Å². The largest absolute Gasteiger partial charge is 0.351 e. The van der Waals surface area contributed by atoms with Crippen molar-refractivity contribution >= 4 is 11.6 Å². The van der Waals surface area contributed by atoms with Gasteiger partial charge in [-0.2, -0.15) is 4.98 Å². The van der Waals surface area contributed by atoms with Crippen LogP contribution in [0.4, 0.5) is 5.95 Å². The summed E-state index contributed by atoms with van der Waals surface area (Å²) in [5, 5.41) is 7.61. The van der Waals surface area contributed by atoms with Gasteiger partial charge in [-0.1, -0.05) is 6.07 Å². The fourth-order valence-corrected chi connectivity index (χ4v) is 1.83. The summed E-state index contributed by atoms with van der Waals surface area (Å²) in [5.74, 6) is 0.657. The monoisotopic (exact) mass is 242 g/mol. The van der Waals surface area contributed by atoms with Gasteiger partial charge >= 0.3 is 0 Å². The van der Waals surface area contributed by atoms with E-state index in [9.17, 15) is 0 Å². The zero-order valence-electron chi connectivity index (χ0n) is 10.1. The Bertz CT molecular complexity index is 640. The van der Waals surface area contributed by atoms with Crippen molar-refractivity contribution in [1.82, 2.24) is 24.1 Å². The molecule has 6 heteroatoms. The van der Waals surface area contributed by atoms with Gasteiger partial charge in [-0.05, 0) is 19.1 Å². The molecular formula is C12H14N6. The summed E-state index contributed by atoms with van der Waals surface area (Å²) in [4.78, 5) is 8.40. The smallest absolute Gasteiger partial charge is 0.243 e. The van der Waals surface area contributed by atoms with Crippen molar-refractivity contribution in [3.8, 4) is 0 Å². The van der Waals surface area contributed by atoms with E-state index >= 15 is 0 Å². The third-order valence-corrected chi connectivity index (χ3v) is 2.76. The molecule has 92 valence electrons. The van der Waals surface area contributed by atoms with Gasteiger partial charge in [0.05, 0.1) is 6.33 Å². The molecule has 0 aliphatic carbocycles. The first kappa shape index (κ1) is 10.8. The van der Waals surface area contributed by atoms with Gasteiger partial charge in [0, 0.05) is 31.2 Å². The van der Waals surface area contributed by atoms with Gasteiger partial charge in [-0.25, -0.2) is 9.50 Å². The maximum atomic E-state index is 4.41. The highest BCUT2D eigenvalue weighted by Crippen LogP contribution is 2.07. The summed E-state index contributed by atoms with van der Waals surface area (Å²) in [6.07, 6.45) is 5.50. The minimum Gasteiger partial charge on any atom is -0.351 e. The van der Waals surface area contributed by atoms with Crippen LogP contribution in [-0.2, 0) is 6.54 Å². The topological polar surface area (TPSA) is 60.0 Å². The highest BCUT2D eigenvalue weighted by molar-refractivity contribution is 5.44. The van der Waals surface area contributed by atoms with E-state index in [1.165, 1.54) is 0 Å². The number of rotatable bonds is 4. The molecule has 0 atom stereocenters. The van der Waals surface area contributed by atoms with E-state index in [2.05, 4.69) is 20.4 Å². The van der Waals surface area contributed by atoms with E-state index in [1.807, 2.05) is 40.4 Å². The fourth-order valence-electron chi connectivity index (χ4n) is 1.83. The summed E-state index contributed by atoms with van der Waals surface area (Å²) in [5.41, 5.74) is 1.93. The van der Waals surface area contributed by atoms with Crippen LogP contribution in [0, 0.1) is 6.92 Å². The van der Waals surface area contributed by atoms with Crippen LogP contribution in [0.1, 0.15) is 5.69 Å². The van der Waals surface area contributed by atoms with E-state index in [0.29, 0.717) is 5.95 Å². The van der Waals surface area contributed by atoms with Crippen molar-refractivity contribution in [3.63, 3.8) is 0 Å². The number of nitrogens with zero attached hydrogens (tertiary/aromatic N) is 5. The first-order valence-electron chi connectivity index (χ1n) is 5.85. The Balaban J connectivity index is 1.69. The number of hydrogen-bond acceptors (Lipinski definition) is 4. The number of fused-ring (bicyclic) bond motifs is 1. The molecule has 0 aliphatic rings. The molecule has 3 heterocycles. The molecule has 0 bridgehead atoms. The molecule has 0 spiro atoms. The second-order valence-corrected chi connectivity index (χ2v) is 4.10. The van der Waals surface area contributed by atoms with Crippen molar-refractivity contribution in [2.45, 2.75) is 13.5 Å². The molecule has 0 aromatic carbocycles. The molecule has 1 N–H and O–H groups in total. The van der Waals surface area contributed by atoms with Gasteiger partial charge in [0.25, 0.3) is 0 Å². The zero-order valence-corrected chi connectivity index (χ0v) is 10.1. The van der Waals surface area contributed by atoms with Crippen molar-refractivity contribution in [3.05, 3.63) is 42.6 Å². The lowest BCUT2D eigenvalue weighted by atomic mass is 10.4. The van der Waals surface area contributed by atoms with Gasteiger partial charge < -0.3 is 9.88 Å². The first-order chi connectivity index (χ1) is 8.83. The third kappa shape index (κ3) is 2.04. The number of anilines is 1. The normalized spacial score (nSPS) is 10.9. The molecule has 18 heavy (non-hydrogen) atoms. The minimum atomic E-state index is 0.657. The minimum absolute atomic E-state index is 0.657. The van der Waals surface area contributed by atoms with Gasteiger partial charge in [0.1, 0.15) is 0 Å². The van der Waals surface area contributed by atoms with Crippen LogP contribution in [0.2, 0.25) is 0 Å². The molecule has 6 nitrogen and oxygen atoms in total. The van der Waals surface area contributed by atoms with Crippen molar-refractivity contribution < 1.29 is 0 Å². The summed E-state index contributed by atoms with van der Waals surface area (Å²) in [6, 6.07) is 5.94. The summed E-state index contributed by atoms with van der Waals surface area (Å²) in [7, 11) is 0. The molecule has 0 aliphatic heterocycles. The number of nitrogens with one attached hydrogen (secondary N) is 1. The molecule has 0 unspecified atom stereocenters. The fraction of sp³-hybridized carbons (Fsp3) is 0.250. The molecule has 0 radical (unpaired) electrons. The lowest BCUT2D eigenvalue weighted by Crippen LogP contribution is -2.10. The van der Waals surface area contributed by atoms with Crippen molar-refractivity contribution in [2.24, 2.45) is 0 Å². The van der Waals surface area contributed by atoms with Crippen molar-refractivity contribution in [1.29, 1.82) is 0 Å². The highest BCUT2D eigenvalue weighted by Gasteiger charge is 2.03. The van der Waals surface area contributed by atoms with Crippen LogP contribution in [0.15, 0.2) is 36.9 Å². The standard InChI is InChI=1S/C12H14N6/c1-10-3-2-4-11-15-12(16-18(10)11)14-6-8-17-7-5-13-9-17/h2-5,7,9H,6,8H2,1H3,(H,14,16). The Morgan fingerprint density at radius 2 is 2.28 bits per heavy atom. The number of aromatic nitrogens is 5. The van der Waals surface area contributed by atoms with Crippen molar-refractivity contribution in [2.75, 3.05) is 11.9 Å². The molecule has 0 saturated carbocycles. The van der Waals surface area contributed by atoms with Gasteiger partial charge in [0.15, 0.2) is 5.65 Å². The third-order valence-electron chi connectivity index (χ3n) is 2.76. The average Bonchev–Trinajstić information content (AvgIpc) is 2.98. The van der Waals surface area contributed by atoms with Crippen LogP contribution < -0.4 is 5.32 Å². The van der Waals surface area contributed by atoms with Crippen LogP contribution in [0.25, 0.3) is 5.65 Å². The predicted molar refractivity (Wildman–Crippen MR) is 68.4 cm³/mol. The Morgan fingerprint density at radius 1 is 1.33 bits per heavy atom. The molecular weight excluding hydrogens is 228 g/mol. The lowest BCUT2D eigenvalue weighted by Gasteiger charge is -2.01. The van der Waals surface area contributed by atoms with Gasteiger partial charge in [-0.15, -0.1) is 5.10 Å². The lowest BCUT2D eigenvalue weighted by molar-refractivity contribution is 0.722. The molecule has 3 rings (SSSR count). The van der Waals surface area contributed by atoms with E-state index in [1.54, 1.807) is 12.5 Å². The van der Waals surface area contributed by atoms with Gasteiger partial charge in [0.2, 0.25) is 5.95 Å². The van der Waals surface area contributed by atoms with Crippen LogP contribution in [-0.4, -0.2) is 30.7 Å².